The molecule has 0 fully saturated rings. The Hall–Kier alpha value is -1.64. The predicted molar refractivity (Wildman–Crippen MR) is 56.8 cm³/mol. The second kappa shape index (κ2) is 5.29. The fourth-order valence-electron chi connectivity index (χ4n) is 1.16. The molecule has 0 aliphatic heterocycles. The molecule has 0 saturated carbocycles. The highest BCUT2D eigenvalue weighted by Gasteiger charge is 2.14. The van der Waals surface area contributed by atoms with Gasteiger partial charge >= 0.3 is 5.97 Å². The van der Waals surface area contributed by atoms with Crippen LogP contribution in [0.2, 0.25) is 0 Å². The van der Waals surface area contributed by atoms with Crippen LogP contribution in [-0.4, -0.2) is 12.6 Å². The van der Waals surface area contributed by atoms with E-state index in [9.17, 15) is 9.18 Å². The number of allylic oxidation sites excluding steroid dienone is 1. The first kappa shape index (κ1) is 11.4. The van der Waals surface area contributed by atoms with Gasteiger partial charge in [-0.2, -0.15) is 4.39 Å². The zero-order valence-corrected chi connectivity index (χ0v) is 8.79. The Morgan fingerprint density at radius 3 is 2.47 bits per heavy atom. The van der Waals surface area contributed by atoms with Crippen LogP contribution in [-0.2, 0) is 9.53 Å². The number of rotatable bonds is 3. The average molecular weight is 208 g/mol. The maximum Gasteiger partial charge on any atom is 0.367 e. The predicted octanol–water partition coefficient (Wildman–Crippen LogP) is 2.95. The van der Waals surface area contributed by atoms with Crippen LogP contribution in [0, 0.1) is 0 Å². The van der Waals surface area contributed by atoms with E-state index in [1.165, 1.54) is 0 Å². The van der Waals surface area contributed by atoms with Crippen molar-refractivity contribution in [1.82, 2.24) is 0 Å². The van der Waals surface area contributed by atoms with Crippen LogP contribution in [0.1, 0.15) is 19.4 Å². The molecular weight excluding hydrogens is 195 g/mol. The highest BCUT2D eigenvalue weighted by molar-refractivity contribution is 5.94. The normalized spacial score (nSPS) is 11.9. The van der Waals surface area contributed by atoms with E-state index < -0.39 is 11.8 Å². The average Bonchev–Trinajstić information content (AvgIpc) is 2.28. The molecule has 2 nitrogen and oxygen atoms in total. The maximum absolute atomic E-state index is 13.5. The van der Waals surface area contributed by atoms with E-state index >= 15 is 0 Å². The Bertz CT molecular complexity index is 368. The Balaban J connectivity index is 2.95. The molecule has 0 bridgehead atoms. The van der Waals surface area contributed by atoms with E-state index in [0.717, 1.165) is 0 Å². The molecule has 0 aliphatic carbocycles. The van der Waals surface area contributed by atoms with Gasteiger partial charge in [-0.1, -0.05) is 30.3 Å². The zero-order chi connectivity index (χ0) is 11.3. The molecule has 15 heavy (non-hydrogen) atoms. The van der Waals surface area contributed by atoms with Gasteiger partial charge in [0, 0.05) is 0 Å². The third-order valence-corrected chi connectivity index (χ3v) is 1.99. The van der Waals surface area contributed by atoms with Crippen LogP contribution in [0.3, 0.4) is 0 Å². The number of carbonyl (C=O) groups excluding carboxylic acids is 1. The summed E-state index contributed by atoms with van der Waals surface area (Å²) < 4.78 is 18.0. The van der Waals surface area contributed by atoms with Gasteiger partial charge in [-0.05, 0) is 25.0 Å². The molecule has 0 amide bonds. The molecule has 0 radical (unpaired) electrons. The molecule has 0 aliphatic rings. The molecule has 0 atom stereocenters. The van der Waals surface area contributed by atoms with E-state index in [1.807, 2.05) is 6.07 Å². The highest BCUT2D eigenvalue weighted by atomic mass is 19.1. The summed E-state index contributed by atoms with van der Waals surface area (Å²) in [5, 5.41) is 0. The van der Waals surface area contributed by atoms with Gasteiger partial charge in [0.05, 0.1) is 6.61 Å². The van der Waals surface area contributed by atoms with Crippen molar-refractivity contribution in [2.45, 2.75) is 13.8 Å². The van der Waals surface area contributed by atoms with E-state index in [1.54, 1.807) is 38.1 Å². The number of ether oxygens (including phenoxy) is 1. The Morgan fingerprint density at radius 1 is 1.33 bits per heavy atom. The molecular formula is C12H13FO2. The van der Waals surface area contributed by atoms with Crippen LogP contribution < -0.4 is 0 Å². The van der Waals surface area contributed by atoms with Gasteiger partial charge < -0.3 is 4.74 Å². The van der Waals surface area contributed by atoms with E-state index in [2.05, 4.69) is 4.74 Å². The largest absolute Gasteiger partial charge is 0.461 e. The van der Waals surface area contributed by atoms with Crippen LogP contribution >= 0.6 is 0 Å². The summed E-state index contributed by atoms with van der Waals surface area (Å²) in [5.74, 6) is -1.73. The number of esters is 1. The van der Waals surface area contributed by atoms with Crippen molar-refractivity contribution in [2.24, 2.45) is 0 Å². The summed E-state index contributed by atoms with van der Waals surface area (Å²) >= 11 is 0. The quantitative estimate of drug-likeness (QED) is 0.564. The number of hydrogen-bond donors (Lipinski definition) is 0. The van der Waals surface area contributed by atoms with Crippen LogP contribution in [0.5, 0.6) is 0 Å². The molecule has 0 N–H and O–H groups in total. The smallest absolute Gasteiger partial charge is 0.367 e. The first-order valence-corrected chi connectivity index (χ1v) is 4.75. The minimum absolute atomic E-state index is 0.175. The standard InChI is InChI=1S/C12H13FO2/c1-3-15-12(14)11(13)9(2)10-7-5-4-6-8-10/h4-8H,3H2,1-2H3/b11-9-. The van der Waals surface area contributed by atoms with E-state index in [4.69, 9.17) is 0 Å². The Kier molecular flexibility index (Phi) is 4.03. The molecule has 1 aromatic rings. The van der Waals surface area contributed by atoms with Crippen LogP contribution in [0.4, 0.5) is 4.39 Å². The first-order valence-electron chi connectivity index (χ1n) is 4.75. The Morgan fingerprint density at radius 2 is 1.93 bits per heavy atom. The molecule has 0 aromatic heterocycles. The molecule has 0 spiro atoms. The molecule has 0 heterocycles. The molecule has 3 heteroatoms. The van der Waals surface area contributed by atoms with Gasteiger partial charge in [-0.25, -0.2) is 4.79 Å². The summed E-state index contributed by atoms with van der Waals surface area (Å²) in [6.07, 6.45) is 0. The molecule has 0 saturated heterocycles. The topological polar surface area (TPSA) is 26.3 Å². The van der Waals surface area contributed by atoms with Crippen molar-refractivity contribution in [3.8, 4) is 0 Å². The molecule has 0 unspecified atom stereocenters. The lowest BCUT2D eigenvalue weighted by atomic mass is 10.1. The zero-order valence-electron chi connectivity index (χ0n) is 8.79. The lowest BCUT2D eigenvalue weighted by molar-refractivity contribution is -0.140. The number of benzene rings is 1. The van der Waals surface area contributed by atoms with Gasteiger partial charge in [0.15, 0.2) is 0 Å². The van der Waals surface area contributed by atoms with Gasteiger partial charge in [-0.3, -0.25) is 0 Å². The molecule has 80 valence electrons. The summed E-state index contributed by atoms with van der Waals surface area (Å²) in [5.41, 5.74) is 0.983. The maximum atomic E-state index is 13.5. The molecule has 1 aromatic carbocycles. The van der Waals surface area contributed by atoms with Crippen molar-refractivity contribution in [1.29, 1.82) is 0 Å². The lowest BCUT2D eigenvalue weighted by Gasteiger charge is -2.04. The summed E-state index contributed by atoms with van der Waals surface area (Å²) in [6.45, 7) is 3.37. The third kappa shape index (κ3) is 2.91. The number of halogens is 1. The van der Waals surface area contributed by atoms with Crippen molar-refractivity contribution >= 4 is 11.5 Å². The van der Waals surface area contributed by atoms with Gasteiger partial charge in [0.25, 0.3) is 0 Å². The second-order valence-electron chi connectivity index (χ2n) is 3.03. The van der Waals surface area contributed by atoms with Gasteiger partial charge in [0.2, 0.25) is 5.83 Å². The lowest BCUT2D eigenvalue weighted by Crippen LogP contribution is -2.05. The number of hydrogen-bond acceptors (Lipinski definition) is 2. The van der Waals surface area contributed by atoms with Crippen molar-refractivity contribution in [3.05, 3.63) is 41.7 Å². The first-order chi connectivity index (χ1) is 7.16. The van der Waals surface area contributed by atoms with E-state index in [-0.39, 0.29) is 6.61 Å². The van der Waals surface area contributed by atoms with Crippen LogP contribution in [0.15, 0.2) is 36.2 Å². The summed E-state index contributed by atoms with van der Waals surface area (Å²) in [7, 11) is 0. The van der Waals surface area contributed by atoms with Gasteiger partial charge in [-0.15, -0.1) is 0 Å². The summed E-state index contributed by atoms with van der Waals surface area (Å²) in [6, 6.07) is 8.90. The SMILES string of the molecule is CCOC(=O)/C(F)=C(\C)c1ccccc1. The monoisotopic (exact) mass is 208 g/mol. The van der Waals surface area contributed by atoms with Crippen LogP contribution in [0.25, 0.3) is 5.57 Å². The summed E-state index contributed by atoms with van der Waals surface area (Å²) in [4.78, 5) is 11.1. The van der Waals surface area contributed by atoms with Gasteiger partial charge in [0.1, 0.15) is 0 Å². The fraction of sp³-hybridized carbons (Fsp3) is 0.250. The second-order valence-corrected chi connectivity index (χ2v) is 3.03. The highest BCUT2D eigenvalue weighted by Crippen LogP contribution is 2.19. The minimum Gasteiger partial charge on any atom is -0.461 e. The van der Waals surface area contributed by atoms with E-state index in [0.29, 0.717) is 11.1 Å². The van der Waals surface area contributed by atoms with Crippen molar-refractivity contribution in [2.75, 3.05) is 6.61 Å². The molecule has 1 rings (SSSR count). The van der Waals surface area contributed by atoms with Crippen molar-refractivity contribution in [3.63, 3.8) is 0 Å². The van der Waals surface area contributed by atoms with Crippen molar-refractivity contribution < 1.29 is 13.9 Å². The third-order valence-electron chi connectivity index (χ3n) is 1.99. The number of carbonyl (C=O) groups is 1. The Labute approximate surface area is 88.4 Å². The fourth-order valence-corrected chi connectivity index (χ4v) is 1.16. The minimum atomic E-state index is -0.904.